The smallest absolute Gasteiger partial charge is 0.310 e. The first kappa shape index (κ1) is 23.0. The van der Waals surface area contributed by atoms with Gasteiger partial charge >= 0.3 is 5.97 Å². The van der Waals surface area contributed by atoms with E-state index in [1.54, 1.807) is 6.92 Å². The minimum absolute atomic E-state index is 0.0386. The molecule has 1 saturated heterocycles. The number of aryl methyl sites for hydroxylation is 2. The summed E-state index contributed by atoms with van der Waals surface area (Å²) in [5, 5.41) is 12.5. The predicted octanol–water partition coefficient (Wildman–Crippen LogP) is 2.45. The number of hydrogen-bond acceptors (Lipinski definition) is 5. The Kier molecular flexibility index (Phi) is 7.15. The molecular formula is C24H32N2O5. The van der Waals surface area contributed by atoms with E-state index in [2.05, 4.69) is 5.32 Å². The molecule has 0 bridgehead atoms. The Morgan fingerprint density at radius 2 is 1.94 bits per heavy atom. The van der Waals surface area contributed by atoms with Crippen molar-refractivity contribution in [3.05, 3.63) is 41.5 Å². The second-order valence-corrected chi connectivity index (χ2v) is 8.35. The Hall–Kier alpha value is -2.67. The van der Waals surface area contributed by atoms with Gasteiger partial charge in [0.15, 0.2) is 0 Å². The van der Waals surface area contributed by atoms with Gasteiger partial charge in [-0.15, -0.1) is 0 Å². The van der Waals surface area contributed by atoms with Crippen LogP contribution in [0, 0.1) is 37.5 Å². The summed E-state index contributed by atoms with van der Waals surface area (Å²) in [6.07, 6.45) is 4.53. The molecule has 1 aromatic rings. The first-order valence-electron chi connectivity index (χ1n) is 11.0. The van der Waals surface area contributed by atoms with Crippen LogP contribution in [-0.2, 0) is 19.1 Å². The average molecular weight is 429 g/mol. The van der Waals surface area contributed by atoms with Gasteiger partial charge in [-0.2, -0.15) is 0 Å². The molecule has 1 fully saturated rings. The normalized spacial score (nSPS) is 27.2. The van der Waals surface area contributed by atoms with Crippen LogP contribution in [0.2, 0.25) is 0 Å². The molecule has 2 N–H and O–H groups in total. The lowest BCUT2D eigenvalue weighted by molar-refractivity contribution is -0.155. The fraction of sp³-hybridized carbons (Fsp3) is 0.542. The summed E-state index contributed by atoms with van der Waals surface area (Å²) in [6, 6.07) is 5.00. The number of rotatable bonds is 7. The molecule has 0 saturated carbocycles. The number of anilines is 1. The van der Waals surface area contributed by atoms with Crippen LogP contribution < -0.4 is 5.32 Å². The number of amides is 2. The molecule has 0 spiro atoms. The molecule has 0 radical (unpaired) electrons. The molecule has 5 atom stereocenters. The third-order valence-electron chi connectivity index (χ3n) is 6.40. The summed E-state index contributed by atoms with van der Waals surface area (Å²) in [7, 11) is 0. The summed E-state index contributed by atoms with van der Waals surface area (Å²) in [5.41, 5.74) is 2.63. The third-order valence-corrected chi connectivity index (χ3v) is 6.40. The molecule has 1 heterocycles. The largest absolute Gasteiger partial charge is 0.466 e. The number of esters is 1. The molecule has 0 aromatic heterocycles. The second kappa shape index (κ2) is 9.64. The predicted molar refractivity (Wildman–Crippen MR) is 117 cm³/mol. The van der Waals surface area contributed by atoms with Crippen LogP contribution in [0.25, 0.3) is 0 Å². The topological polar surface area (TPSA) is 95.9 Å². The van der Waals surface area contributed by atoms with E-state index in [0.717, 1.165) is 11.1 Å². The quantitative estimate of drug-likeness (QED) is 0.514. The number of fused-ring (bicyclic) bond motifs is 1. The van der Waals surface area contributed by atoms with Crippen LogP contribution in [0.1, 0.15) is 31.4 Å². The third kappa shape index (κ3) is 4.37. The Morgan fingerprint density at radius 1 is 1.19 bits per heavy atom. The Balaban J connectivity index is 1.97. The van der Waals surface area contributed by atoms with Gasteiger partial charge in [-0.3, -0.25) is 14.4 Å². The molecule has 3 rings (SSSR count). The van der Waals surface area contributed by atoms with E-state index in [1.165, 1.54) is 4.90 Å². The lowest BCUT2D eigenvalue weighted by Crippen LogP contribution is -2.45. The number of benzene rings is 1. The molecule has 31 heavy (non-hydrogen) atoms. The number of β-amino-alcohol motifs (C(OH)–C–C–N with tert-alkyl or cyclic N) is 1. The van der Waals surface area contributed by atoms with E-state index in [0.29, 0.717) is 12.1 Å². The van der Waals surface area contributed by atoms with Crippen LogP contribution >= 0.6 is 0 Å². The number of carbonyl (C=O) groups is 3. The molecule has 2 amide bonds. The summed E-state index contributed by atoms with van der Waals surface area (Å²) in [5.74, 6) is -2.88. The van der Waals surface area contributed by atoms with Gasteiger partial charge in [0.25, 0.3) is 0 Å². The van der Waals surface area contributed by atoms with Gasteiger partial charge in [-0.25, -0.2) is 0 Å². The Labute approximate surface area is 183 Å². The maximum Gasteiger partial charge on any atom is 0.310 e. The summed E-state index contributed by atoms with van der Waals surface area (Å²) in [6.45, 7) is 7.58. The number of likely N-dealkylation sites (tertiary alicyclic amines) is 1. The average Bonchev–Trinajstić information content (AvgIpc) is 3.02. The molecule has 0 unspecified atom stereocenters. The van der Waals surface area contributed by atoms with E-state index >= 15 is 0 Å². The van der Waals surface area contributed by atoms with Crippen molar-refractivity contribution in [2.45, 2.75) is 40.2 Å². The number of aliphatic hydroxyl groups excluding tert-OH is 1. The number of carbonyl (C=O) groups excluding carboxylic acids is 3. The van der Waals surface area contributed by atoms with Crippen LogP contribution in [0.15, 0.2) is 30.4 Å². The highest BCUT2D eigenvalue weighted by atomic mass is 16.5. The first-order chi connectivity index (χ1) is 14.8. The van der Waals surface area contributed by atoms with Gasteiger partial charge in [0.2, 0.25) is 11.8 Å². The van der Waals surface area contributed by atoms with Crippen molar-refractivity contribution in [3.8, 4) is 0 Å². The monoisotopic (exact) mass is 428 g/mol. The van der Waals surface area contributed by atoms with Crippen molar-refractivity contribution < 1.29 is 24.2 Å². The molecule has 1 aromatic carbocycles. The highest BCUT2D eigenvalue weighted by Gasteiger charge is 2.57. The van der Waals surface area contributed by atoms with Gasteiger partial charge in [0.1, 0.15) is 6.04 Å². The van der Waals surface area contributed by atoms with Crippen molar-refractivity contribution in [2.24, 2.45) is 23.7 Å². The van der Waals surface area contributed by atoms with Gasteiger partial charge < -0.3 is 20.1 Å². The highest BCUT2D eigenvalue weighted by molar-refractivity contribution is 6.02. The van der Waals surface area contributed by atoms with Crippen molar-refractivity contribution in [1.29, 1.82) is 0 Å². The molecule has 7 nitrogen and oxygen atoms in total. The zero-order chi connectivity index (χ0) is 22.7. The maximum atomic E-state index is 13.4. The van der Waals surface area contributed by atoms with E-state index < -0.39 is 29.8 Å². The molecular weight excluding hydrogens is 396 g/mol. The summed E-state index contributed by atoms with van der Waals surface area (Å²) < 4.78 is 5.29. The maximum absolute atomic E-state index is 13.4. The molecule has 7 heteroatoms. The molecule has 2 aliphatic rings. The summed E-state index contributed by atoms with van der Waals surface area (Å²) >= 11 is 0. The van der Waals surface area contributed by atoms with Crippen LogP contribution in [0.4, 0.5) is 5.69 Å². The van der Waals surface area contributed by atoms with Gasteiger partial charge in [0, 0.05) is 18.2 Å². The van der Waals surface area contributed by atoms with E-state index in [4.69, 9.17) is 4.74 Å². The van der Waals surface area contributed by atoms with Crippen molar-refractivity contribution in [3.63, 3.8) is 0 Å². The summed E-state index contributed by atoms with van der Waals surface area (Å²) in [4.78, 5) is 41.0. The van der Waals surface area contributed by atoms with Gasteiger partial charge in [-0.05, 0) is 50.3 Å². The van der Waals surface area contributed by atoms with Crippen molar-refractivity contribution in [2.75, 3.05) is 25.1 Å². The molecule has 168 valence electrons. The molecule has 1 aliphatic heterocycles. The second-order valence-electron chi connectivity index (χ2n) is 8.35. The Morgan fingerprint density at radius 3 is 2.58 bits per heavy atom. The highest BCUT2D eigenvalue weighted by Crippen LogP contribution is 2.45. The minimum atomic E-state index is -0.796. The van der Waals surface area contributed by atoms with Crippen molar-refractivity contribution >= 4 is 23.5 Å². The lowest BCUT2D eigenvalue weighted by atomic mass is 9.69. The first-order valence-corrected chi connectivity index (χ1v) is 11.0. The van der Waals surface area contributed by atoms with E-state index in [9.17, 15) is 19.5 Å². The number of hydrogen-bond donors (Lipinski definition) is 2. The van der Waals surface area contributed by atoms with E-state index in [1.807, 2.05) is 51.1 Å². The standard InChI is InChI=1S/C24H32N2O5/c1-5-16-9-10-17-20(19(16)24(30)31-6-2)23(29)26(11-12-27)21(17)22(28)25-18-13-14(3)7-8-15(18)4/h7-10,13,16-17,19-21,27H,5-6,11-12H2,1-4H3,(H,25,28)/t16-,17+,19-,20+,21+/m1/s1. The number of ether oxygens (including phenoxy) is 1. The number of aliphatic hydroxyl groups is 1. The minimum Gasteiger partial charge on any atom is -0.466 e. The van der Waals surface area contributed by atoms with Crippen LogP contribution in [0.3, 0.4) is 0 Å². The van der Waals surface area contributed by atoms with Gasteiger partial charge in [-0.1, -0.05) is 31.2 Å². The fourth-order valence-electron chi connectivity index (χ4n) is 4.87. The van der Waals surface area contributed by atoms with Crippen molar-refractivity contribution in [1.82, 2.24) is 4.90 Å². The fourth-order valence-corrected chi connectivity index (χ4v) is 4.87. The molecule has 1 aliphatic carbocycles. The van der Waals surface area contributed by atoms with Crippen LogP contribution in [0.5, 0.6) is 0 Å². The lowest BCUT2D eigenvalue weighted by Gasteiger charge is -2.33. The Bertz CT molecular complexity index is 881. The number of nitrogens with zero attached hydrogens (tertiary/aromatic N) is 1. The van der Waals surface area contributed by atoms with Gasteiger partial charge in [0.05, 0.1) is 25.0 Å². The number of allylic oxidation sites excluding steroid dienone is 1. The van der Waals surface area contributed by atoms with E-state index in [-0.39, 0.29) is 37.5 Å². The van der Waals surface area contributed by atoms with Crippen LogP contribution in [-0.4, -0.2) is 53.6 Å². The zero-order valence-corrected chi connectivity index (χ0v) is 18.6. The SMILES string of the molecule is CCOC(=O)[C@H]1[C@H]2C(=O)N(CCO)[C@H](C(=O)Nc3cc(C)ccc3C)[C@H]2C=C[C@H]1CC. The zero-order valence-electron chi connectivity index (χ0n) is 18.6. The number of nitrogens with one attached hydrogen (secondary N) is 1.